The summed E-state index contributed by atoms with van der Waals surface area (Å²) in [5, 5.41) is 0. The standard InChI is InChI=1S/C12H19N3O2/c1-3-16-7-8(2)17-11-6-10(13)14-12(15-11)9-4-5-9/h6,8-9H,3-5,7H2,1-2H3,(H2,13,14,15). The van der Waals surface area contributed by atoms with Crippen molar-refractivity contribution in [3.8, 4) is 5.88 Å². The third kappa shape index (κ3) is 3.56. The molecule has 0 radical (unpaired) electrons. The number of ether oxygens (including phenoxy) is 2. The molecule has 94 valence electrons. The monoisotopic (exact) mass is 237 g/mol. The third-order valence-corrected chi connectivity index (χ3v) is 2.56. The summed E-state index contributed by atoms with van der Waals surface area (Å²) in [7, 11) is 0. The molecule has 5 nitrogen and oxygen atoms in total. The van der Waals surface area contributed by atoms with Crippen molar-refractivity contribution in [1.82, 2.24) is 9.97 Å². The van der Waals surface area contributed by atoms with Gasteiger partial charge in [0.25, 0.3) is 0 Å². The summed E-state index contributed by atoms with van der Waals surface area (Å²) in [5.41, 5.74) is 5.74. The molecule has 1 fully saturated rings. The van der Waals surface area contributed by atoms with Gasteiger partial charge in [0.1, 0.15) is 17.7 Å². The summed E-state index contributed by atoms with van der Waals surface area (Å²) < 4.78 is 10.9. The number of aromatic nitrogens is 2. The Balaban J connectivity index is 1.99. The van der Waals surface area contributed by atoms with E-state index >= 15 is 0 Å². The molecule has 1 saturated carbocycles. The average Bonchev–Trinajstić information content (AvgIpc) is 3.09. The number of hydrogen-bond acceptors (Lipinski definition) is 5. The molecule has 0 amide bonds. The van der Waals surface area contributed by atoms with E-state index in [1.54, 1.807) is 6.07 Å². The minimum atomic E-state index is -0.0312. The maximum atomic E-state index is 5.74. The van der Waals surface area contributed by atoms with Gasteiger partial charge < -0.3 is 15.2 Å². The second-order valence-electron chi connectivity index (χ2n) is 4.35. The van der Waals surface area contributed by atoms with E-state index in [1.807, 2.05) is 13.8 Å². The molecule has 0 aliphatic heterocycles. The molecule has 1 aliphatic carbocycles. The van der Waals surface area contributed by atoms with Crippen LogP contribution in [0.15, 0.2) is 6.07 Å². The molecule has 1 aromatic heterocycles. The van der Waals surface area contributed by atoms with Crippen molar-refractivity contribution >= 4 is 5.82 Å². The zero-order valence-electron chi connectivity index (χ0n) is 10.3. The first-order chi connectivity index (χ1) is 8.19. The molecule has 0 bridgehead atoms. The fourth-order valence-corrected chi connectivity index (χ4v) is 1.57. The Bertz CT molecular complexity index is 380. The van der Waals surface area contributed by atoms with Crippen LogP contribution < -0.4 is 10.5 Å². The van der Waals surface area contributed by atoms with Crippen LogP contribution in [0, 0.1) is 0 Å². The van der Waals surface area contributed by atoms with Crippen LogP contribution in [0.3, 0.4) is 0 Å². The van der Waals surface area contributed by atoms with Crippen LogP contribution >= 0.6 is 0 Å². The van der Waals surface area contributed by atoms with Crippen molar-refractivity contribution in [2.45, 2.75) is 38.7 Å². The van der Waals surface area contributed by atoms with Crippen molar-refractivity contribution in [1.29, 1.82) is 0 Å². The number of rotatable bonds is 6. The summed E-state index contributed by atoms with van der Waals surface area (Å²) >= 11 is 0. The Hall–Kier alpha value is -1.36. The fourth-order valence-electron chi connectivity index (χ4n) is 1.57. The first kappa shape index (κ1) is 12.1. The number of hydrogen-bond donors (Lipinski definition) is 1. The van der Waals surface area contributed by atoms with Gasteiger partial charge >= 0.3 is 0 Å². The van der Waals surface area contributed by atoms with Gasteiger partial charge in [0.05, 0.1) is 6.61 Å². The second kappa shape index (κ2) is 5.31. The van der Waals surface area contributed by atoms with E-state index in [0.717, 1.165) is 18.7 Å². The zero-order chi connectivity index (χ0) is 12.3. The summed E-state index contributed by atoms with van der Waals surface area (Å²) in [4.78, 5) is 8.60. The maximum Gasteiger partial charge on any atom is 0.219 e. The van der Waals surface area contributed by atoms with Gasteiger partial charge in [-0.25, -0.2) is 4.98 Å². The zero-order valence-corrected chi connectivity index (χ0v) is 10.3. The second-order valence-corrected chi connectivity index (χ2v) is 4.35. The van der Waals surface area contributed by atoms with Gasteiger partial charge in [-0.05, 0) is 26.7 Å². The highest BCUT2D eigenvalue weighted by molar-refractivity contribution is 5.34. The van der Waals surface area contributed by atoms with Gasteiger partial charge in [-0.3, -0.25) is 0 Å². The van der Waals surface area contributed by atoms with Crippen LogP contribution in [0.1, 0.15) is 38.4 Å². The average molecular weight is 237 g/mol. The molecule has 1 heterocycles. The number of nitrogens with two attached hydrogens (primary N) is 1. The Morgan fingerprint density at radius 2 is 2.24 bits per heavy atom. The van der Waals surface area contributed by atoms with Crippen LogP contribution in [0.5, 0.6) is 5.88 Å². The topological polar surface area (TPSA) is 70.3 Å². The summed E-state index contributed by atoms with van der Waals surface area (Å²) in [6, 6.07) is 1.66. The third-order valence-electron chi connectivity index (χ3n) is 2.56. The molecule has 2 N–H and O–H groups in total. The minimum absolute atomic E-state index is 0.0312. The molecule has 5 heteroatoms. The number of nitrogens with zero attached hydrogens (tertiary/aromatic N) is 2. The predicted molar refractivity (Wildman–Crippen MR) is 65.0 cm³/mol. The molecule has 1 aromatic rings. The van der Waals surface area contributed by atoms with Gasteiger partial charge in [-0.2, -0.15) is 4.98 Å². The number of nitrogen functional groups attached to an aromatic ring is 1. The van der Waals surface area contributed by atoms with Crippen molar-refractivity contribution in [3.05, 3.63) is 11.9 Å². The van der Waals surface area contributed by atoms with E-state index in [4.69, 9.17) is 15.2 Å². The molecule has 1 aliphatic rings. The van der Waals surface area contributed by atoms with Crippen LogP contribution in [-0.4, -0.2) is 29.3 Å². The molecule has 0 spiro atoms. The van der Waals surface area contributed by atoms with Crippen molar-refractivity contribution in [3.63, 3.8) is 0 Å². The molecule has 2 rings (SSSR count). The van der Waals surface area contributed by atoms with E-state index in [9.17, 15) is 0 Å². The molecular formula is C12H19N3O2. The molecule has 0 saturated heterocycles. The van der Waals surface area contributed by atoms with E-state index in [2.05, 4.69) is 9.97 Å². The molecular weight excluding hydrogens is 218 g/mol. The molecule has 17 heavy (non-hydrogen) atoms. The summed E-state index contributed by atoms with van der Waals surface area (Å²) in [6.45, 7) is 5.15. The van der Waals surface area contributed by atoms with Crippen LogP contribution in [-0.2, 0) is 4.74 Å². The Labute approximate surface area is 101 Å². The Morgan fingerprint density at radius 3 is 2.88 bits per heavy atom. The summed E-state index contributed by atoms with van der Waals surface area (Å²) in [5.74, 6) is 2.30. The Morgan fingerprint density at radius 1 is 1.47 bits per heavy atom. The lowest BCUT2D eigenvalue weighted by Crippen LogP contribution is -2.20. The number of anilines is 1. The largest absolute Gasteiger partial charge is 0.472 e. The Kier molecular flexibility index (Phi) is 3.78. The lowest BCUT2D eigenvalue weighted by atomic mass is 10.4. The SMILES string of the molecule is CCOCC(C)Oc1cc(N)nc(C2CC2)n1. The highest BCUT2D eigenvalue weighted by atomic mass is 16.5. The van der Waals surface area contributed by atoms with E-state index in [0.29, 0.717) is 30.8 Å². The fraction of sp³-hybridized carbons (Fsp3) is 0.667. The van der Waals surface area contributed by atoms with E-state index < -0.39 is 0 Å². The smallest absolute Gasteiger partial charge is 0.219 e. The van der Waals surface area contributed by atoms with Gasteiger partial charge in [0.2, 0.25) is 5.88 Å². The molecule has 0 aromatic carbocycles. The van der Waals surface area contributed by atoms with E-state index in [1.165, 1.54) is 0 Å². The predicted octanol–water partition coefficient (Wildman–Crippen LogP) is 1.74. The van der Waals surface area contributed by atoms with Crippen molar-refractivity contribution in [2.24, 2.45) is 0 Å². The van der Waals surface area contributed by atoms with Crippen molar-refractivity contribution < 1.29 is 9.47 Å². The highest BCUT2D eigenvalue weighted by Crippen LogP contribution is 2.38. The minimum Gasteiger partial charge on any atom is -0.472 e. The molecule has 1 atom stereocenters. The van der Waals surface area contributed by atoms with Crippen molar-refractivity contribution in [2.75, 3.05) is 18.9 Å². The lowest BCUT2D eigenvalue weighted by Gasteiger charge is -2.14. The quantitative estimate of drug-likeness (QED) is 0.816. The van der Waals surface area contributed by atoms with Gasteiger partial charge in [0.15, 0.2) is 0 Å². The van der Waals surface area contributed by atoms with Crippen LogP contribution in [0.25, 0.3) is 0 Å². The van der Waals surface area contributed by atoms with Gasteiger partial charge in [0, 0.05) is 18.6 Å². The van der Waals surface area contributed by atoms with Crippen LogP contribution in [0.4, 0.5) is 5.82 Å². The maximum absolute atomic E-state index is 5.74. The van der Waals surface area contributed by atoms with Crippen LogP contribution in [0.2, 0.25) is 0 Å². The van der Waals surface area contributed by atoms with Gasteiger partial charge in [-0.1, -0.05) is 0 Å². The normalized spacial score (nSPS) is 16.8. The van der Waals surface area contributed by atoms with E-state index in [-0.39, 0.29) is 6.10 Å². The first-order valence-electron chi connectivity index (χ1n) is 6.08. The summed E-state index contributed by atoms with van der Waals surface area (Å²) in [6.07, 6.45) is 2.27. The lowest BCUT2D eigenvalue weighted by molar-refractivity contribution is 0.0632. The highest BCUT2D eigenvalue weighted by Gasteiger charge is 2.27. The first-order valence-corrected chi connectivity index (χ1v) is 6.08. The van der Waals surface area contributed by atoms with Gasteiger partial charge in [-0.15, -0.1) is 0 Å². The molecule has 1 unspecified atom stereocenters.